The molecule has 1 fully saturated rings. The fraction of sp³-hybridized carbons (Fsp3) is 0.318. The van der Waals surface area contributed by atoms with Crippen molar-refractivity contribution in [3.8, 4) is 0 Å². The van der Waals surface area contributed by atoms with Gasteiger partial charge in [-0.1, -0.05) is 29.8 Å². The molecule has 30 heavy (non-hydrogen) atoms. The van der Waals surface area contributed by atoms with Crippen LogP contribution in [0.25, 0.3) is 0 Å². The normalized spacial score (nSPS) is 12.8. The lowest BCUT2D eigenvalue weighted by Gasteiger charge is -2.18. The van der Waals surface area contributed by atoms with Crippen LogP contribution in [-0.4, -0.2) is 42.8 Å². The van der Waals surface area contributed by atoms with Crippen molar-refractivity contribution in [1.82, 2.24) is 4.90 Å². The number of rotatable bonds is 8. The Labute approximate surface area is 180 Å². The summed E-state index contributed by atoms with van der Waals surface area (Å²) < 4.78 is 0. The number of carbonyl (C=O) groups is 3. The van der Waals surface area contributed by atoms with Crippen molar-refractivity contribution in [1.29, 1.82) is 0 Å². The maximum absolute atomic E-state index is 12.4. The van der Waals surface area contributed by atoms with Crippen LogP contribution in [0.2, 0.25) is 5.02 Å². The summed E-state index contributed by atoms with van der Waals surface area (Å²) in [6.45, 7) is 1.85. The number of nitrogens with zero attached hydrogens (tertiary/aromatic N) is 1. The van der Waals surface area contributed by atoms with Crippen molar-refractivity contribution in [3.05, 3.63) is 53.1 Å². The average molecular weight is 429 g/mol. The maximum Gasteiger partial charge on any atom is 0.244 e. The summed E-state index contributed by atoms with van der Waals surface area (Å²) in [5.74, 6) is -0.420. The molecule has 2 aromatic rings. The molecule has 0 unspecified atom stereocenters. The van der Waals surface area contributed by atoms with Crippen LogP contribution in [0.1, 0.15) is 18.4 Å². The monoisotopic (exact) mass is 428 g/mol. The van der Waals surface area contributed by atoms with Gasteiger partial charge in [-0.05, 0) is 49.6 Å². The van der Waals surface area contributed by atoms with Gasteiger partial charge < -0.3 is 20.9 Å². The smallest absolute Gasteiger partial charge is 0.244 e. The van der Waals surface area contributed by atoms with Crippen LogP contribution in [0, 0.1) is 12.8 Å². The van der Waals surface area contributed by atoms with Gasteiger partial charge in [-0.25, -0.2) is 0 Å². The summed E-state index contributed by atoms with van der Waals surface area (Å²) in [5.41, 5.74) is 2.90. The summed E-state index contributed by atoms with van der Waals surface area (Å²) >= 11 is 6.03. The highest BCUT2D eigenvalue weighted by molar-refractivity contribution is 6.33. The van der Waals surface area contributed by atoms with Gasteiger partial charge in [0.25, 0.3) is 0 Å². The molecule has 3 rings (SSSR count). The SMILES string of the molecule is Cc1ccc(NC(=O)C2CC2)cc1NCC(=O)N(C)CC(=O)Nc1ccccc1Cl. The molecule has 8 heteroatoms. The predicted molar refractivity (Wildman–Crippen MR) is 119 cm³/mol. The molecule has 3 amide bonds. The number of carbonyl (C=O) groups excluding carboxylic acids is 3. The molecule has 0 radical (unpaired) electrons. The number of anilines is 3. The van der Waals surface area contributed by atoms with E-state index in [2.05, 4.69) is 16.0 Å². The van der Waals surface area contributed by atoms with Crippen LogP contribution in [0.15, 0.2) is 42.5 Å². The number of aryl methyl sites for hydroxylation is 1. The van der Waals surface area contributed by atoms with Crippen molar-refractivity contribution in [3.63, 3.8) is 0 Å². The largest absolute Gasteiger partial charge is 0.376 e. The third-order valence-corrected chi connectivity index (χ3v) is 5.17. The standard InChI is InChI=1S/C22H25ClN4O3/c1-14-7-10-16(25-22(30)15-8-9-15)11-19(14)24-12-21(29)27(2)13-20(28)26-18-6-4-3-5-17(18)23/h3-7,10-11,15,24H,8-9,12-13H2,1-2H3,(H,25,30)(H,26,28). The average Bonchev–Trinajstić information content (AvgIpc) is 3.55. The summed E-state index contributed by atoms with van der Waals surface area (Å²) in [6, 6.07) is 12.5. The number of para-hydroxylation sites is 1. The lowest BCUT2D eigenvalue weighted by atomic mass is 10.1. The maximum atomic E-state index is 12.4. The third kappa shape index (κ3) is 5.97. The molecular weight excluding hydrogens is 404 g/mol. The Bertz CT molecular complexity index is 959. The molecule has 3 N–H and O–H groups in total. The third-order valence-electron chi connectivity index (χ3n) is 4.84. The lowest BCUT2D eigenvalue weighted by molar-refractivity contribution is -0.131. The van der Waals surface area contributed by atoms with E-state index in [4.69, 9.17) is 11.6 Å². The fourth-order valence-electron chi connectivity index (χ4n) is 2.84. The summed E-state index contributed by atoms with van der Waals surface area (Å²) in [7, 11) is 1.56. The lowest BCUT2D eigenvalue weighted by Crippen LogP contribution is -2.38. The zero-order valence-electron chi connectivity index (χ0n) is 17.0. The number of halogens is 1. The zero-order valence-corrected chi connectivity index (χ0v) is 17.8. The molecule has 7 nitrogen and oxygen atoms in total. The summed E-state index contributed by atoms with van der Waals surface area (Å²) in [5, 5.41) is 9.12. The van der Waals surface area contributed by atoms with Crippen LogP contribution in [-0.2, 0) is 14.4 Å². The first-order chi connectivity index (χ1) is 14.3. The van der Waals surface area contributed by atoms with E-state index in [0.717, 1.165) is 24.1 Å². The Morgan fingerprint density at radius 2 is 1.80 bits per heavy atom. The van der Waals surface area contributed by atoms with Gasteiger partial charge in [-0.2, -0.15) is 0 Å². The van der Waals surface area contributed by atoms with E-state index >= 15 is 0 Å². The fourth-order valence-corrected chi connectivity index (χ4v) is 3.02. The molecule has 0 spiro atoms. The van der Waals surface area contributed by atoms with Gasteiger partial charge in [0, 0.05) is 24.3 Å². The molecular formula is C22H25ClN4O3. The van der Waals surface area contributed by atoms with Gasteiger partial charge >= 0.3 is 0 Å². The Balaban J connectivity index is 1.51. The van der Waals surface area contributed by atoms with E-state index in [1.165, 1.54) is 4.90 Å². The number of hydrogen-bond donors (Lipinski definition) is 3. The number of amides is 3. The van der Waals surface area contributed by atoms with Gasteiger partial charge in [0.05, 0.1) is 23.8 Å². The molecule has 0 heterocycles. The van der Waals surface area contributed by atoms with E-state index in [1.807, 2.05) is 25.1 Å². The van der Waals surface area contributed by atoms with Crippen molar-refractivity contribution in [2.45, 2.75) is 19.8 Å². The van der Waals surface area contributed by atoms with E-state index in [9.17, 15) is 14.4 Å². The number of likely N-dealkylation sites (N-methyl/N-ethyl adjacent to an activating group) is 1. The van der Waals surface area contributed by atoms with E-state index in [-0.39, 0.29) is 36.7 Å². The van der Waals surface area contributed by atoms with Gasteiger partial charge in [0.15, 0.2) is 0 Å². The predicted octanol–water partition coefficient (Wildman–Crippen LogP) is 3.51. The molecule has 0 saturated heterocycles. The molecule has 1 saturated carbocycles. The number of benzene rings is 2. The second-order valence-corrected chi connectivity index (χ2v) is 7.83. The summed E-state index contributed by atoms with van der Waals surface area (Å²) in [6.07, 6.45) is 1.88. The Hall–Kier alpha value is -3.06. The van der Waals surface area contributed by atoms with Gasteiger partial charge in [0.2, 0.25) is 17.7 Å². The Morgan fingerprint density at radius 1 is 1.07 bits per heavy atom. The molecule has 1 aliphatic carbocycles. The topological polar surface area (TPSA) is 90.5 Å². The zero-order chi connectivity index (χ0) is 21.7. The molecule has 0 aliphatic heterocycles. The quantitative estimate of drug-likeness (QED) is 0.600. The molecule has 0 atom stereocenters. The van der Waals surface area contributed by atoms with Crippen LogP contribution in [0.4, 0.5) is 17.1 Å². The first kappa shape index (κ1) is 21.6. The van der Waals surface area contributed by atoms with Gasteiger partial charge in [-0.3, -0.25) is 14.4 Å². The number of nitrogens with one attached hydrogen (secondary N) is 3. The van der Waals surface area contributed by atoms with Crippen molar-refractivity contribution < 1.29 is 14.4 Å². The molecule has 158 valence electrons. The minimum Gasteiger partial charge on any atom is -0.376 e. The molecule has 0 bridgehead atoms. The summed E-state index contributed by atoms with van der Waals surface area (Å²) in [4.78, 5) is 37.9. The highest BCUT2D eigenvalue weighted by Crippen LogP contribution is 2.30. The van der Waals surface area contributed by atoms with E-state index < -0.39 is 0 Å². The van der Waals surface area contributed by atoms with Gasteiger partial charge in [0.1, 0.15) is 0 Å². The Morgan fingerprint density at radius 3 is 2.50 bits per heavy atom. The van der Waals surface area contributed by atoms with Crippen LogP contribution >= 0.6 is 11.6 Å². The van der Waals surface area contributed by atoms with Crippen LogP contribution in [0.3, 0.4) is 0 Å². The first-order valence-electron chi connectivity index (χ1n) is 9.77. The minimum absolute atomic E-state index is 0.0245. The molecule has 2 aromatic carbocycles. The van der Waals surface area contributed by atoms with E-state index in [0.29, 0.717) is 16.4 Å². The highest BCUT2D eigenvalue weighted by Gasteiger charge is 2.29. The second kappa shape index (κ2) is 9.63. The van der Waals surface area contributed by atoms with Crippen LogP contribution in [0.5, 0.6) is 0 Å². The highest BCUT2D eigenvalue weighted by atomic mass is 35.5. The second-order valence-electron chi connectivity index (χ2n) is 7.42. The van der Waals surface area contributed by atoms with Crippen molar-refractivity contribution in [2.24, 2.45) is 5.92 Å². The van der Waals surface area contributed by atoms with Crippen LogP contribution < -0.4 is 16.0 Å². The number of hydrogen-bond acceptors (Lipinski definition) is 4. The van der Waals surface area contributed by atoms with Gasteiger partial charge in [-0.15, -0.1) is 0 Å². The van der Waals surface area contributed by atoms with Crippen molar-refractivity contribution in [2.75, 3.05) is 36.1 Å². The minimum atomic E-state index is -0.333. The first-order valence-corrected chi connectivity index (χ1v) is 10.1. The molecule has 1 aliphatic rings. The van der Waals surface area contributed by atoms with Crippen molar-refractivity contribution >= 4 is 46.4 Å². The van der Waals surface area contributed by atoms with E-state index in [1.54, 1.807) is 31.3 Å². The molecule has 0 aromatic heterocycles. The Kier molecular flexibility index (Phi) is 6.95.